The SMILES string of the molecule is CCCCOc1ccc2ccccc2c1/C=N/Nc1ncc(F)c(N2CCOCC2)n1. The van der Waals surface area contributed by atoms with Crippen molar-refractivity contribution in [3.05, 3.63) is 54.0 Å². The van der Waals surface area contributed by atoms with Crippen LogP contribution in [0.5, 0.6) is 5.75 Å². The number of rotatable bonds is 8. The first-order valence-electron chi connectivity index (χ1n) is 10.5. The normalized spacial score (nSPS) is 14.3. The summed E-state index contributed by atoms with van der Waals surface area (Å²) in [6, 6.07) is 12.1. The van der Waals surface area contributed by atoms with Gasteiger partial charge in [-0.15, -0.1) is 0 Å². The Balaban J connectivity index is 1.56. The molecule has 1 saturated heterocycles. The van der Waals surface area contributed by atoms with Crippen LogP contribution in [-0.4, -0.2) is 49.1 Å². The van der Waals surface area contributed by atoms with E-state index in [-0.39, 0.29) is 11.8 Å². The lowest BCUT2D eigenvalue weighted by molar-refractivity contribution is 0.122. The zero-order valence-corrected chi connectivity index (χ0v) is 17.6. The van der Waals surface area contributed by atoms with Crippen LogP contribution in [0.1, 0.15) is 25.3 Å². The van der Waals surface area contributed by atoms with E-state index in [1.54, 1.807) is 6.21 Å². The molecule has 0 spiro atoms. The maximum atomic E-state index is 14.2. The van der Waals surface area contributed by atoms with Crippen molar-refractivity contribution in [1.29, 1.82) is 0 Å². The number of anilines is 2. The number of nitrogens with zero attached hydrogens (tertiary/aromatic N) is 4. The van der Waals surface area contributed by atoms with Gasteiger partial charge in [0.25, 0.3) is 0 Å². The maximum absolute atomic E-state index is 14.2. The van der Waals surface area contributed by atoms with E-state index in [1.165, 1.54) is 0 Å². The molecule has 2 aromatic carbocycles. The molecule has 1 aliphatic rings. The zero-order valence-electron chi connectivity index (χ0n) is 17.6. The molecule has 0 radical (unpaired) electrons. The number of unbranched alkanes of at least 4 members (excludes halogenated alkanes) is 1. The van der Waals surface area contributed by atoms with Crippen molar-refractivity contribution >= 4 is 28.8 Å². The van der Waals surface area contributed by atoms with Gasteiger partial charge >= 0.3 is 0 Å². The molecule has 1 N–H and O–H groups in total. The summed E-state index contributed by atoms with van der Waals surface area (Å²) in [7, 11) is 0. The van der Waals surface area contributed by atoms with E-state index in [4.69, 9.17) is 9.47 Å². The Kier molecular flexibility index (Phi) is 6.89. The van der Waals surface area contributed by atoms with Gasteiger partial charge in [0, 0.05) is 18.7 Å². The Labute approximate surface area is 180 Å². The number of morpholine rings is 1. The molecule has 3 aromatic rings. The molecule has 1 fully saturated rings. The lowest BCUT2D eigenvalue weighted by atomic mass is 10.0. The van der Waals surface area contributed by atoms with Crippen LogP contribution in [0.15, 0.2) is 47.7 Å². The van der Waals surface area contributed by atoms with Gasteiger partial charge < -0.3 is 14.4 Å². The Bertz CT molecular complexity index is 1050. The second-order valence-corrected chi connectivity index (χ2v) is 7.24. The monoisotopic (exact) mass is 423 g/mol. The highest BCUT2D eigenvalue weighted by atomic mass is 19.1. The van der Waals surface area contributed by atoms with Crippen molar-refractivity contribution in [3.63, 3.8) is 0 Å². The molecule has 0 atom stereocenters. The molecule has 7 nitrogen and oxygen atoms in total. The number of hydrogen-bond donors (Lipinski definition) is 1. The van der Waals surface area contributed by atoms with Crippen molar-refractivity contribution in [2.75, 3.05) is 43.2 Å². The molecule has 2 heterocycles. The Hall–Kier alpha value is -3.26. The number of benzene rings is 2. The number of nitrogens with one attached hydrogen (secondary N) is 1. The lowest BCUT2D eigenvalue weighted by Crippen LogP contribution is -2.37. The molecule has 1 aromatic heterocycles. The van der Waals surface area contributed by atoms with Gasteiger partial charge in [-0.1, -0.05) is 43.7 Å². The fraction of sp³-hybridized carbons (Fsp3) is 0.348. The minimum absolute atomic E-state index is 0.229. The van der Waals surface area contributed by atoms with Crippen molar-refractivity contribution in [2.24, 2.45) is 5.10 Å². The van der Waals surface area contributed by atoms with Crippen LogP contribution < -0.4 is 15.1 Å². The van der Waals surface area contributed by atoms with Gasteiger partial charge in [-0.2, -0.15) is 10.1 Å². The molecule has 0 unspecified atom stereocenters. The molecule has 31 heavy (non-hydrogen) atoms. The fourth-order valence-electron chi connectivity index (χ4n) is 3.42. The standard InChI is InChI=1S/C23H26FN5O2/c1-2-3-12-31-21-9-8-17-6-4-5-7-18(17)19(21)15-26-28-23-25-16-20(24)22(27-23)29-10-13-30-14-11-29/h4-9,15-16H,2-3,10-14H2,1H3,(H,25,27,28)/b26-15+. The lowest BCUT2D eigenvalue weighted by Gasteiger charge is -2.27. The number of hydrazone groups is 1. The average Bonchev–Trinajstić information content (AvgIpc) is 2.81. The Morgan fingerprint density at radius 2 is 2.06 bits per heavy atom. The van der Waals surface area contributed by atoms with Gasteiger partial charge in [0.1, 0.15) is 5.75 Å². The van der Waals surface area contributed by atoms with Crippen LogP contribution in [0.2, 0.25) is 0 Å². The summed E-state index contributed by atoms with van der Waals surface area (Å²) in [5.74, 6) is 0.793. The highest BCUT2D eigenvalue weighted by molar-refractivity contribution is 6.02. The van der Waals surface area contributed by atoms with E-state index in [1.807, 2.05) is 41.3 Å². The summed E-state index contributed by atoms with van der Waals surface area (Å²) in [5, 5.41) is 6.46. The molecule has 1 aliphatic heterocycles. The van der Waals surface area contributed by atoms with Gasteiger partial charge in [-0.25, -0.2) is 14.8 Å². The maximum Gasteiger partial charge on any atom is 0.245 e. The van der Waals surface area contributed by atoms with Crippen LogP contribution in [-0.2, 0) is 4.74 Å². The summed E-state index contributed by atoms with van der Waals surface area (Å²) in [4.78, 5) is 10.2. The quantitative estimate of drug-likeness (QED) is 0.332. The summed E-state index contributed by atoms with van der Waals surface area (Å²) in [6.45, 7) is 5.05. The molecular weight excluding hydrogens is 397 g/mol. The van der Waals surface area contributed by atoms with Crippen LogP contribution in [0.4, 0.5) is 16.2 Å². The van der Waals surface area contributed by atoms with Gasteiger partial charge in [-0.05, 0) is 23.3 Å². The van der Waals surface area contributed by atoms with Gasteiger partial charge in [-0.3, -0.25) is 0 Å². The summed E-state index contributed by atoms with van der Waals surface area (Å²) < 4.78 is 25.5. The third-order valence-corrected chi connectivity index (χ3v) is 5.08. The molecule has 4 rings (SSSR count). The molecule has 0 amide bonds. The molecular formula is C23H26FN5O2. The average molecular weight is 423 g/mol. The highest BCUT2D eigenvalue weighted by Crippen LogP contribution is 2.27. The molecule has 0 aliphatic carbocycles. The first kappa shape index (κ1) is 21.0. The summed E-state index contributed by atoms with van der Waals surface area (Å²) >= 11 is 0. The molecule has 8 heteroatoms. The molecule has 162 valence electrons. The Morgan fingerprint density at radius 3 is 2.90 bits per heavy atom. The topological polar surface area (TPSA) is 71.9 Å². The minimum atomic E-state index is -0.461. The number of aromatic nitrogens is 2. The fourth-order valence-corrected chi connectivity index (χ4v) is 3.42. The third kappa shape index (κ3) is 5.08. The van der Waals surface area contributed by atoms with Crippen molar-refractivity contribution in [3.8, 4) is 5.75 Å². The number of ether oxygens (including phenoxy) is 2. The summed E-state index contributed by atoms with van der Waals surface area (Å²) in [5.41, 5.74) is 3.70. The van der Waals surface area contributed by atoms with E-state index in [2.05, 4.69) is 27.4 Å². The zero-order chi connectivity index (χ0) is 21.5. The second-order valence-electron chi connectivity index (χ2n) is 7.24. The smallest absolute Gasteiger partial charge is 0.245 e. The largest absolute Gasteiger partial charge is 0.493 e. The second kappa shape index (κ2) is 10.2. The highest BCUT2D eigenvalue weighted by Gasteiger charge is 2.17. The third-order valence-electron chi connectivity index (χ3n) is 5.08. The van der Waals surface area contributed by atoms with Gasteiger partial charge in [0.2, 0.25) is 5.95 Å². The minimum Gasteiger partial charge on any atom is -0.493 e. The van der Waals surface area contributed by atoms with Crippen LogP contribution in [0.25, 0.3) is 10.8 Å². The van der Waals surface area contributed by atoms with Crippen molar-refractivity contribution in [2.45, 2.75) is 19.8 Å². The Morgan fingerprint density at radius 1 is 1.23 bits per heavy atom. The van der Waals surface area contributed by atoms with E-state index in [0.29, 0.717) is 32.9 Å². The van der Waals surface area contributed by atoms with Crippen LogP contribution in [0.3, 0.4) is 0 Å². The van der Waals surface area contributed by atoms with Gasteiger partial charge in [0.15, 0.2) is 11.6 Å². The summed E-state index contributed by atoms with van der Waals surface area (Å²) in [6.07, 6.45) is 4.90. The number of fused-ring (bicyclic) bond motifs is 1. The molecule has 0 saturated carbocycles. The predicted octanol–water partition coefficient (Wildman–Crippen LogP) is 4.23. The van der Waals surface area contributed by atoms with E-state index >= 15 is 0 Å². The van der Waals surface area contributed by atoms with E-state index < -0.39 is 5.82 Å². The van der Waals surface area contributed by atoms with Crippen LogP contribution in [0, 0.1) is 5.82 Å². The molecule has 0 bridgehead atoms. The predicted molar refractivity (Wildman–Crippen MR) is 121 cm³/mol. The van der Waals surface area contributed by atoms with E-state index in [0.717, 1.165) is 41.1 Å². The van der Waals surface area contributed by atoms with Gasteiger partial charge in [0.05, 0.1) is 32.2 Å². The van der Waals surface area contributed by atoms with Crippen LogP contribution >= 0.6 is 0 Å². The van der Waals surface area contributed by atoms with Crippen molar-refractivity contribution in [1.82, 2.24) is 9.97 Å². The van der Waals surface area contributed by atoms with Crippen molar-refractivity contribution < 1.29 is 13.9 Å². The first-order valence-corrected chi connectivity index (χ1v) is 10.5. The van der Waals surface area contributed by atoms with E-state index in [9.17, 15) is 4.39 Å². The number of halogens is 1. The first-order chi connectivity index (χ1) is 15.3. The number of hydrogen-bond acceptors (Lipinski definition) is 7.